The summed E-state index contributed by atoms with van der Waals surface area (Å²) in [5.41, 5.74) is 0.403. The van der Waals surface area contributed by atoms with Gasteiger partial charge in [-0.15, -0.1) is 12.4 Å². The first-order valence-corrected chi connectivity index (χ1v) is 9.30. The minimum atomic E-state index is -0.443. The fraction of sp³-hybridized carbons (Fsp3) is 0.579. The van der Waals surface area contributed by atoms with Crippen molar-refractivity contribution in [3.8, 4) is 17.2 Å². The molecule has 1 aromatic rings. The highest BCUT2D eigenvalue weighted by atomic mass is 35.5. The Bertz CT molecular complexity index is 718. The van der Waals surface area contributed by atoms with Gasteiger partial charge in [0.15, 0.2) is 11.5 Å². The van der Waals surface area contributed by atoms with Crippen LogP contribution < -0.4 is 19.5 Å². The molecule has 1 unspecified atom stereocenters. The fourth-order valence-electron chi connectivity index (χ4n) is 3.50. The zero-order valence-corrected chi connectivity index (χ0v) is 17.8. The van der Waals surface area contributed by atoms with E-state index in [1.54, 1.807) is 21.9 Å². The van der Waals surface area contributed by atoms with Gasteiger partial charge in [-0.05, 0) is 12.1 Å². The van der Waals surface area contributed by atoms with Crippen LogP contribution >= 0.6 is 12.4 Å². The summed E-state index contributed by atoms with van der Waals surface area (Å²) in [6, 6.07) is 3.35. The van der Waals surface area contributed by atoms with Crippen molar-refractivity contribution in [2.45, 2.75) is 6.10 Å². The van der Waals surface area contributed by atoms with Crippen LogP contribution in [0.15, 0.2) is 12.1 Å². The molecule has 2 fully saturated rings. The Morgan fingerprint density at radius 1 is 1.00 bits per heavy atom. The maximum Gasteiger partial charge on any atom is 0.257 e. The van der Waals surface area contributed by atoms with Crippen molar-refractivity contribution in [3.05, 3.63) is 17.7 Å². The Kier molecular flexibility index (Phi) is 8.36. The Morgan fingerprint density at radius 2 is 1.66 bits per heavy atom. The first kappa shape index (κ1) is 23.1. The minimum Gasteiger partial charge on any atom is -0.493 e. The quantitative estimate of drug-likeness (QED) is 0.725. The van der Waals surface area contributed by atoms with Gasteiger partial charge in [0, 0.05) is 39.3 Å². The predicted molar refractivity (Wildman–Crippen MR) is 108 cm³/mol. The van der Waals surface area contributed by atoms with Gasteiger partial charge in [0.05, 0.1) is 33.5 Å². The molecule has 0 bridgehead atoms. The summed E-state index contributed by atoms with van der Waals surface area (Å²) in [5.74, 6) is 1.02. The first-order chi connectivity index (χ1) is 13.6. The molecule has 29 heavy (non-hydrogen) atoms. The van der Waals surface area contributed by atoms with Gasteiger partial charge < -0.3 is 34.1 Å². The largest absolute Gasteiger partial charge is 0.493 e. The summed E-state index contributed by atoms with van der Waals surface area (Å²) in [6.07, 6.45) is -0.443. The van der Waals surface area contributed by atoms with E-state index in [1.165, 1.54) is 21.3 Å². The monoisotopic (exact) mass is 429 g/mol. The average molecular weight is 430 g/mol. The zero-order valence-electron chi connectivity index (χ0n) is 16.9. The lowest BCUT2D eigenvalue weighted by Gasteiger charge is -2.37. The molecule has 10 heteroatoms. The van der Waals surface area contributed by atoms with Gasteiger partial charge in [0.25, 0.3) is 11.8 Å². The van der Waals surface area contributed by atoms with Crippen molar-refractivity contribution in [1.82, 2.24) is 15.1 Å². The summed E-state index contributed by atoms with van der Waals surface area (Å²) >= 11 is 0. The van der Waals surface area contributed by atoms with E-state index in [0.717, 1.165) is 6.54 Å². The normalized spacial score (nSPS) is 19.2. The van der Waals surface area contributed by atoms with Crippen LogP contribution in [0.1, 0.15) is 10.4 Å². The van der Waals surface area contributed by atoms with Crippen molar-refractivity contribution in [2.24, 2.45) is 0 Å². The van der Waals surface area contributed by atoms with Gasteiger partial charge in [-0.3, -0.25) is 9.59 Å². The fourth-order valence-corrected chi connectivity index (χ4v) is 3.50. The van der Waals surface area contributed by atoms with E-state index in [2.05, 4.69) is 5.32 Å². The molecule has 0 spiro atoms. The molecule has 1 N–H and O–H groups in total. The third-order valence-electron chi connectivity index (χ3n) is 5.02. The van der Waals surface area contributed by atoms with E-state index in [0.29, 0.717) is 62.1 Å². The number of carbonyl (C=O) groups excluding carboxylic acids is 2. The van der Waals surface area contributed by atoms with E-state index in [4.69, 9.17) is 18.9 Å². The van der Waals surface area contributed by atoms with Gasteiger partial charge in [-0.1, -0.05) is 0 Å². The third-order valence-corrected chi connectivity index (χ3v) is 5.02. The van der Waals surface area contributed by atoms with Crippen molar-refractivity contribution in [1.29, 1.82) is 0 Å². The van der Waals surface area contributed by atoms with E-state index >= 15 is 0 Å². The Hall–Kier alpha value is -2.23. The number of hydrogen-bond acceptors (Lipinski definition) is 7. The lowest BCUT2D eigenvalue weighted by molar-refractivity contribution is -0.146. The average Bonchev–Trinajstić information content (AvgIpc) is 2.77. The van der Waals surface area contributed by atoms with Crippen LogP contribution in [0.4, 0.5) is 0 Å². The molecule has 2 aliphatic rings. The molecule has 2 amide bonds. The van der Waals surface area contributed by atoms with Gasteiger partial charge in [-0.25, -0.2) is 0 Å². The third kappa shape index (κ3) is 4.85. The summed E-state index contributed by atoms with van der Waals surface area (Å²) in [4.78, 5) is 29.1. The van der Waals surface area contributed by atoms with Crippen LogP contribution in [0.2, 0.25) is 0 Å². The predicted octanol–water partition coefficient (Wildman–Crippen LogP) is 0.407. The maximum atomic E-state index is 13.0. The highest BCUT2D eigenvalue weighted by molar-refractivity contribution is 5.98. The summed E-state index contributed by atoms with van der Waals surface area (Å²) in [6.45, 7) is 3.67. The Balaban J connectivity index is 0.00000300. The van der Waals surface area contributed by atoms with Crippen molar-refractivity contribution in [3.63, 3.8) is 0 Å². The number of nitrogens with zero attached hydrogens (tertiary/aromatic N) is 2. The molecular weight excluding hydrogens is 402 g/mol. The summed E-state index contributed by atoms with van der Waals surface area (Å²) in [5, 5.41) is 3.16. The molecule has 1 aromatic carbocycles. The molecule has 2 aliphatic heterocycles. The number of benzene rings is 1. The number of morpholine rings is 1. The second kappa shape index (κ2) is 10.5. The van der Waals surface area contributed by atoms with E-state index < -0.39 is 6.10 Å². The topological polar surface area (TPSA) is 89.6 Å². The molecule has 2 heterocycles. The van der Waals surface area contributed by atoms with E-state index in [9.17, 15) is 9.59 Å². The lowest BCUT2D eigenvalue weighted by Crippen LogP contribution is -2.56. The lowest BCUT2D eigenvalue weighted by atomic mass is 10.1. The van der Waals surface area contributed by atoms with Gasteiger partial charge >= 0.3 is 0 Å². The molecule has 0 saturated carbocycles. The molecule has 162 valence electrons. The number of hydrogen-bond donors (Lipinski definition) is 1. The molecule has 3 rings (SSSR count). The second-order valence-electron chi connectivity index (χ2n) is 6.56. The molecule has 0 radical (unpaired) electrons. The van der Waals surface area contributed by atoms with Crippen molar-refractivity contribution >= 4 is 24.2 Å². The number of rotatable bonds is 5. The number of nitrogens with one attached hydrogen (secondary N) is 1. The van der Waals surface area contributed by atoms with Crippen molar-refractivity contribution in [2.75, 3.05) is 67.2 Å². The van der Waals surface area contributed by atoms with Crippen LogP contribution in [-0.2, 0) is 9.53 Å². The number of halogens is 1. The molecule has 9 nitrogen and oxygen atoms in total. The van der Waals surface area contributed by atoms with Gasteiger partial charge in [0.2, 0.25) is 5.75 Å². The number of carbonyl (C=O) groups is 2. The highest BCUT2D eigenvalue weighted by Gasteiger charge is 2.32. The van der Waals surface area contributed by atoms with Crippen LogP contribution in [0.3, 0.4) is 0 Å². The number of methoxy groups -OCH3 is 3. The van der Waals surface area contributed by atoms with Crippen molar-refractivity contribution < 1.29 is 28.5 Å². The number of ether oxygens (including phenoxy) is 4. The number of amides is 2. The molecule has 0 aromatic heterocycles. The van der Waals surface area contributed by atoms with Gasteiger partial charge in [0.1, 0.15) is 6.10 Å². The highest BCUT2D eigenvalue weighted by Crippen LogP contribution is 2.40. The van der Waals surface area contributed by atoms with Crippen LogP contribution in [0, 0.1) is 0 Å². The van der Waals surface area contributed by atoms with E-state index in [1.807, 2.05) is 0 Å². The van der Waals surface area contributed by atoms with Crippen LogP contribution in [-0.4, -0.2) is 94.9 Å². The maximum absolute atomic E-state index is 13.0. The number of piperazine rings is 1. The molecule has 0 aliphatic carbocycles. The van der Waals surface area contributed by atoms with Gasteiger partial charge in [-0.2, -0.15) is 0 Å². The minimum absolute atomic E-state index is 0. The smallest absolute Gasteiger partial charge is 0.257 e. The Labute approximate surface area is 176 Å². The SMILES string of the molecule is COc1ccc(C(=O)N2CCN(C(=O)C3CNCCO3)CC2)c(OC)c1OC.Cl. The second-order valence-corrected chi connectivity index (χ2v) is 6.56. The van der Waals surface area contributed by atoms with Crippen LogP contribution in [0.5, 0.6) is 17.2 Å². The molecular formula is C19H28ClN3O6. The summed E-state index contributed by atoms with van der Waals surface area (Å²) < 4.78 is 21.6. The van der Waals surface area contributed by atoms with Crippen LogP contribution in [0.25, 0.3) is 0 Å². The van der Waals surface area contributed by atoms with E-state index in [-0.39, 0.29) is 24.2 Å². The first-order valence-electron chi connectivity index (χ1n) is 9.30. The zero-order chi connectivity index (χ0) is 20.1. The molecule has 1 atom stereocenters. The Morgan fingerprint density at radius 3 is 2.21 bits per heavy atom. The standard InChI is InChI=1S/C19H27N3O6.ClH/c1-25-14-5-4-13(16(26-2)17(14)27-3)18(23)21-7-9-22(10-8-21)19(24)15-12-20-6-11-28-15;/h4-5,15,20H,6-12H2,1-3H3;1H. The summed E-state index contributed by atoms with van der Waals surface area (Å²) in [7, 11) is 4.52. The molecule has 2 saturated heterocycles.